The van der Waals surface area contributed by atoms with Crippen LogP contribution < -0.4 is 10.9 Å². The van der Waals surface area contributed by atoms with Crippen molar-refractivity contribution < 1.29 is 4.74 Å². The summed E-state index contributed by atoms with van der Waals surface area (Å²) >= 11 is 6.68. The number of aromatic nitrogens is 4. The van der Waals surface area contributed by atoms with E-state index < -0.39 is 0 Å². The minimum atomic E-state index is -0.133. The van der Waals surface area contributed by atoms with Gasteiger partial charge in [-0.25, -0.2) is 4.98 Å². The maximum Gasteiger partial charge on any atom is 0.260 e. The van der Waals surface area contributed by atoms with Crippen LogP contribution in [0.2, 0.25) is 5.02 Å². The summed E-state index contributed by atoms with van der Waals surface area (Å²) in [6.07, 6.45) is 4.42. The van der Waals surface area contributed by atoms with E-state index in [1.807, 2.05) is 50.2 Å². The first-order valence-electron chi connectivity index (χ1n) is 11.0. The molecule has 4 heterocycles. The molecule has 0 spiro atoms. The molecule has 1 fully saturated rings. The fourth-order valence-electron chi connectivity index (χ4n) is 4.24. The standard InChI is InChI=1S/C25H24ClN5O2/c1-3-31-23-17(13-28-25(30-23)29-18-8-10-33-14-18)11-21(24(31)32)20-7-6-16(12-22(20)26)19-5-4-9-27-15(19)2/h4-7,9,11-13,18H,3,8,10,14H2,1-2H3,(H,28,29,30)/t18-/m1/s1. The van der Waals surface area contributed by atoms with Gasteiger partial charge in [0.05, 0.1) is 12.6 Å². The fraction of sp³-hybridized carbons (Fsp3) is 0.280. The Balaban J connectivity index is 1.57. The molecule has 3 aromatic heterocycles. The average molecular weight is 462 g/mol. The highest BCUT2D eigenvalue weighted by Gasteiger charge is 2.18. The lowest BCUT2D eigenvalue weighted by atomic mass is 9.99. The number of hydrogen-bond donors (Lipinski definition) is 1. The molecule has 1 N–H and O–H groups in total. The van der Waals surface area contributed by atoms with Crippen LogP contribution in [0.5, 0.6) is 0 Å². The average Bonchev–Trinajstić information content (AvgIpc) is 3.32. The van der Waals surface area contributed by atoms with Gasteiger partial charge in [0.1, 0.15) is 5.65 Å². The zero-order valence-corrected chi connectivity index (χ0v) is 19.3. The number of nitrogens with zero attached hydrogens (tertiary/aromatic N) is 4. The summed E-state index contributed by atoms with van der Waals surface area (Å²) in [7, 11) is 0. The minimum absolute atomic E-state index is 0.133. The van der Waals surface area contributed by atoms with E-state index >= 15 is 0 Å². The summed E-state index contributed by atoms with van der Waals surface area (Å²) in [4.78, 5) is 26.9. The lowest BCUT2D eigenvalue weighted by molar-refractivity contribution is 0.195. The molecule has 0 bridgehead atoms. The molecule has 1 aromatic carbocycles. The SMILES string of the molecule is CCn1c(=O)c(-c2ccc(-c3cccnc3C)cc2Cl)cc2cnc(N[C@@H]3CCOC3)nc21. The first-order chi connectivity index (χ1) is 16.0. The number of aryl methyl sites for hydroxylation is 2. The van der Waals surface area contributed by atoms with Gasteiger partial charge in [-0.15, -0.1) is 0 Å². The predicted molar refractivity (Wildman–Crippen MR) is 131 cm³/mol. The second-order valence-corrected chi connectivity index (χ2v) is 8.52. The van der Waals surface area contributed by atoms with Crippen molar-refractivity contribution in [3.05, 3.63) is 69.9 Å². The Bertz CT molecular complexity index is 1400. The number of pyridine rings is 2. The van der Waals surface area contributed by atoms with E-state index in [1.54, 1.807) is 17.0 Å². The number of halogens is 1. The van der Waals surface area contributed by atoms with Crippen LogP contribution in [0.3, 0.4) is 0 Å². The van der Waals surface area contributed by atoms with E-state index in [1.165, 1.54) is 0 Å². The Labute approximate surface area is 196 Å². The number of benzene rings is 1. The van der Waals surface area contributed by atoms with Gasteiger partial charge in [0.2, 0.25) is 5.95 Å². The normalized spacial score (nSPS) is 15.8. The van der Waals surface area contributed by atoms with Gasteiger partial charge < -0.3 is 10.1 Å². The van der Waals surface area contributed by atoms with Crippen molar-refractivity contribution >= 4 is 28.6 Å². The number of ether oxygens (including phenoxy) is 1. The van der Waals surface area contributed by atoms with Crippen LogP contribution in [0, 0.1) is 6.92 Å². The molecule has 33 heavy (non-hydrogen) atoms. The Kier molecular flexibility index (Phi) is 5.83. The van der Waals surface area contributed by atoms with Crippen LogP contribution in [-0.2, 0) is 11.3 Å². The summed E-state index contributed by atoms with van der Waals surface area (Å²) in [5.41, 5.74) is 4.56. The Morgan fingerprint density at radius 3 is 2.79 bits per heavy atom. The lowest BCUT2D eigenvalue weighted by Gasteiger charge is -2.15. The minimum Gasteiger partial charge on any atom is -0.379 e. The number of nitrogens with one attached hydrogen (secondary N) is 1. The first kappa shape index (κ1) is 21.6. The molecule has 168 valence electrons. The second kappa shape index (κ2) is 8.92. The summed E-state index contributed by atoms with van der Waals surface area (Å²) in [5, 5.41) is 4.59. The van der Waals surface area contributed by atoms with Crippen molar-refractivity contribution in [2.75, 3.05) is 18.5 Å². The fourth-order valence-corrected chi connectivity index (χ4v) is 4.52. The predicted octanol–water partition coefficient (Wildman–Crippen LogP) is 4.70. The molecule has 1 atom stereocenters. The highest BCUT2D eigenvalue weighted by Crippen LogP contribution is 2.32. The third kappa shape index (κ3) is 4.10. The van der Waals surface area contributed by atoms with Crippen LogP contribution in [0.15, 0.2) is 53.6 Å². The quantitative estimate of drug-likeness (QED) is 0.463. The van der Waals surface area contributed by atoms with Crippen molar-refractivity contribution in [3.63, 3.8) is 0 Å². The van der Waals surface area contributed by atoms with Crippen molar-refractivity contribution in [2.45, 2.75) is 32.9 Å². The van der Waals surface area contributed by atoms with Crippen LogP contribution in [0.25, 0.3) is 33.3 Å². The van der Waals surface area contributed by atoms with Gasteiger partial charge in [-0.2, -0.15) is 4.98 Å². The summed E-state index contributed by atoms with van der Waals surface area (Å²) in [6, 6.07) is 11.7. The molecule has 1 aliphatic heterocycles. The first-order valence-corrected chi connectivity index (χ1v) is 11.4. The zero-order valence-electron chi connectivity index (χ0n) is 18.5. The van der Waals surface area contributed by atoms with Crippen LogP contribution in [0.4, 0.5) is 5.95 Å². The highest BCUT2D eigenvalue weighted by molar-refractivity contribution is 6.33. The molecule has 0 saturated carbocycles. The third-order valence-corrected chi connectivity index (χ3v) is 6.30. The van der Waals surface area contributed by atoms with E-state index in [0.717, 1.165) is 35.2 Å². The number of anilines is 1. The van der Waals surface area contributed by atoms with Crippen molar-refractivity contribution in [1.82, 2.24) is 19.5 Å². The smallest absolute Gasteiger partial charge is 0.260 e. The molecule has 0 aliphatic carbocycles. The topological polar surface area (TPSA) is 81.9 Å². The Morgan fingerprint density at radius 2 is 2.06 bits per heavy atom. The number of hydrogen-bond acceptors (Lipinski definition) is 6. The van der Waals surface area contributed by atoms with Crippen LogP contribution in [0.1, 0.15) is 19.0 Å². The summed E-state index contributed by atoms with van der Waals surface area (Å²) in [6.45, 7) is 5.74. The van der Waals surface area contributed by atoms with Gasteiger partial charge in [0.15, 0.2) is 0 Å². The lowest BCUT2D eigenvalue weighted by Crippen LogP contribution is -2.24. The van der Waals surface area contributed by atoms with Crippen molar-refractivity contribution in [2.24, 2.45) is 0 Å². The van der Waals surface area contributed by atoms with Crippen molar-refractivity contribution in [1.29, 1.82) is 0 Å². The van der Waals surface area contributed by atoms with E-state index in [0.29, 0.717) is 40.9 Å². The Hall–Kier alpha value is -3.29. The molecule has 7 nitrogen and oxygen atoms in total. The molecule has 0 radical (unpaired) electrons. The van der Waals surface area contributed by atoms with E-state index in [9.17, 15) is 4.79 Å². The molecule has 1 saturated heterocycles. The molecule has 0 unspecified atom stereocenters. The highest BCUT2D eigenvalue weighted by atomic mass is 35.5. The molecule has 0 amide bonds. The molecular formula is C25H24ClN5O2. The molecule has 1 aliphatic rings. The molecule has 8 heteroatoms. The number of rotatable bonds is 5. The third-order valence-electron chi connectivity index (χ3n) is 5.98. The van der Waals surface area contributed by atoms with Gasteiger partial charge in [-0.05, 0) is 44.0 Å². The molecular weight excluding hydrogens is 438 g/mol. The Morgan fingerprint density at radius 1 is 1.18 bits per heavy atom. The zero-order chi connectivity index (χ0) is 22.9. The van der Waals surface area contributed by atoms with Crippen molar-refractivity contribution in [3.8, 4) is 22.3 Å². The van der Waals surface area contributed by atoms with E-state index in [2.05, 4.69) is 20.3 Å². The summed E-state index contributed by atoms with van der Waals surface area (Å²) < 4.78 is 7.08. The van der Waals surface area contributed by atoms with E-state index in [4.69, 9.17) is 16.3 Å². The van der Waals surface area contributed by atoms with Crippen LogP contribution in [-0.4, -0.2) is 38.8 Å². The molecule has 5 rings (SSSR count). The van der Waals surface area contributed by atoms with Gasteiger partial charge in [-0.1, -0.05) is 29.8 Å². The molecule has 4 aromatic rings. The van der Waals surface area contributed by atoms with Gasteiger partial charge in [0, 0.05) is 58.3 Å². The second-order valence-electron chi connectivity index (χ2n) is 8.12. The van der Waals surface area contributed by atoms with Gasteiger partial charge in [0.25, 0.3) is 5.56 Å². The largest absolute Gasteiger partial charge is 0.379 e. The summed E-state index contributed by atoms with van der Waals surface area (Å²) in [5.74, 6) is 0.501. The van der Waals surface area contributed by atoms with Gasteiger partial charge in [-0.3, -0.25) is 14.3 Å². The van der Waals surface area contributed by atoms with Crippen LogP contribution >= 0.6 is 11.6 Å². The number of fused-ring (bicyclic) bond motifs is 1. The monoisotopic (exact) mass is 461 g/mol. The maximum atomic E-state index is 13.4. The maximum absolute atomic E-state index is 13.4. The van der Waals surface area contributed by atoms with Gasteiger partial charge >= 0.3 is 0 Å². The van der Waals surface area contributed by atoms with E-state index in [-0.39, 0.29) is 11.6 Å².